The fourth-order valence-corrected chi connectivity index (χ4v) is 3.59. The van der Waals surface area contributed by atoms with Crippen LogP contribution in [0.3, 0.4) is 0 Å². The minimum Gasteiger partial charge on any atom is -0.312 e. The van der Waals surface area contributed by atoms with Crippen LogP contribution in [0.2, 0.25) is 0 Å². The molecule has 1 aromatic rings. The molecular formula is C15H20FN3O2. The van der Waals surface area contributed by atoms with Gasteiger partial charge in [-0.25, -0.2) is 0 Å². The van der Waals surface area contributed by atoms with E-state index < -0.39 is 16.4 Å². The summed E-state index contributed by atoms with van der Waals surface area (Å²) >= 11 is 0. The Morgan fingerprint density at radius 2 is 2.24 bits per heavy atom. The fourth-order valence-electron chi connectivity index (χ4n) is 3.59. The topological polar surface area (TPSA) is 58.4 Å². The third-order valence-corrected chi connectivity index (χ3v) is 4.61. The highest BCUT2D eigenvalue weighted by molar-refractivity contribution is 5.36. The molecule has 2 unspecified atom stereocenters. The second-order valence-corrected chi connectivity index (χ2v) is 5.89. The van der Waals surface area contributed by atoms with Gasteiger partial charge in [0.15, 0.2) is 0 Å². The molecule has 3 rings (SSSR count). The predicted molar refractivity (Wildman–Crippen MR) is 77.5 cm³/mol. The van der Waals surface area contributed by atoms with E-state index in [1.165, 1.54) is 18.9 Å². The second kappa shape index (κ2) is 6.07. The standard InChI is InChI=1S/C15H20FN3O2/c16-15-11(4-1-6-14(15)19(20)21)10-18-9-3-7-13(18)12-5-2-8-17-12/h1,4,6,12-13,17H,2-3,5,7-10H2. The molecule has 114 valence electrons. The van der Waals surface area contributed by atoms with Crippen LogP contribution in [0, 0.1) is 15.9 Å². The number of halogens is 1. The van der Waals surface area contributed by atoms with Crippen LogP contribution in [0.1, 0.15) is 31.2 Å². The van der Waals surface area contributed by atoms with E-state index in [9.17, 15) is 14.5 Å². The molecule has 1 aromatic carbocycles. The molecule has 5 nitrogen and oxygen atoms in total. The molecule has 0 aromatic heterocycles. The number of nitrogens with zero attached hydrogens (tertiary/aromatic N) is 2. The van der Waals surface area contributed by atoms with Crippen molar-refractivity contribution >= 4 is 5.69 Å². The van der Waals surface area contributed by atoms with Gasteiger partial charge in [0.1, 0.15) is 0 Å². The molecule has 2 fully saturated rings. The van der Waals surface area contributed by atoms with Crippen molar-refractivity contribution in [2.45, 2.75) is 44.3 Å². The first-order valence-electron chi connectivity index (χ1n) is 7.56. The van der Waals surface area contributed by atoms with Crippen molar-refractivity contribution in [2.24, 2.45) is 0 Å². The summed E-state index contributed by atoms with van der Waals surface area (Å²) in [6.07, 6.45) is 4.59. The van der Waals surface area contributed by atoms with Gasteiger partial charge in [0.25, 0.3) is 0 Å². The highest BCUT2D eigenvalue weighted by Gasteiger charge is 2.33. The number of likely N-dealkylation sites (tertiary alicyclic amines) is 1. The normalized spacial score (nSPS) is 26.3. The van der Waals surface area contributed by atoms with E-state index >= 15 is 0 Å². The number of nitrogens with one attached hydrogen (secondary N) is 1. The maximum atomic E-state index is 14.2. The zero-order valence-electron chi connectivity index (χ0n) is 11.9. The molecule has 21 heavy (non-hydrogen) atoms. The minimum atomic E-state index is -0.687. The van der Waals surface area contributed by atoms with Gasteiger partial charge in [-0.2, -0.15) is 4.39 Å². The summed E-state index contributed by atoms with van der Waals surface area (Å²) in [6.45, 7) is 2.45. The zero-order chi connectivity index (χ0) is 14.8. The molecule has 0 radical (unpaired) electrons. The average Bonchev–Trinajstić information content (AvgIpc) is 3.11. The SMILES string of the molecule is O=[N+]([O-])c1cccc(CN2CCCC2C2CCCN2)c1F. The molecular weight excluding hydrogens is 273 g/mol. The number of rotatable bonds is 4. The molecule has 0 amide bonds. The molecule has 0 saturated carbocycles. The molecule has 0 bridgehead atoms. The maximum Gasteiger partial charge on any atom is 0.305 e. The number of nitro groups is 1. The van der Waals surface area contributed by atoms with E-state index in [0.29, 0.717) is 24.2 Å². The van der Waals surface area contributed by atoms with Gasteiger partial charge in [-0.1, -0.05) is 12.1 Å². The van der Waals surface area contributed by atoms with Crippen LogP contribution in [0.5, 0.6) is 0 Å². The van der Waals surface area contributed by atoms with Crippen molar-refractivity contribution in [3.05, 3.63) is 39.7 Å². The highest BCUT2D eigenvalue weighted by atomic mass is 19.1. The Morgan fingerprint density at radius 3 is 2.95 bits per heavy atom. The molecule has 2 atom stereocenters. The van der Waals surface area contributed by atoms with Gasteiger partial charge in [-0.15, -0.1) is 0 Å². The lowest BCUT2D eigenvalue weighted by Crippen LogP contribution is -2.43. The molecule has 0 aliphatic carbocycles. The third-order valence-electron chi connectivity index (χ3n) is 4.61. The summed E-state index contributed by atoms with van der Waals surface area (Å²) in [5, 5.41) is 14.3. The van der Waals surface area contributed by atoms with E-state index in [1.54, 1.807) is 12.1 Å². The average molecular weight is 293 g/mol. The van der Waals surface area contributed by atoms with E-state index in [0.717, 1.165) is 25.9 Å². The summed E-state index contributed by atoms with van der Waals surface area (Å²) in [5.41, 5.74) is -0.00339. The van der Waals surface area contributed by atoms with Crippen LogP contribution in [0.15, 0.2) is 18.2 Å². The second-order valence-electron chi connectivity index (χ2n) is 5.89. The van der Waals surface area contributed by atoms with Crippen LogP contribution >= 0.6 is 0 Å². The summed E-state index contributed by atoms with van der Waals surface area (Å²) in [7, 11) is 0. The Kier molecular flexibility index (Phi) is 4.17. The molecule has 2 heterocycles. The van der Waals surface area contributed by atoms with Gasteiger partial charge in [0.2, 0.25) is 5.82 Å². The van der Waals surface area contributed by atoms with Crippen molar-refractivity contribution in [1.82, 2.24) is 10.2 Å². The first kappa shape index (κ1) is 14.4. The van der Waals surface area contributed by atoms with Gasteiger partial charge in [0.05, 0.1) is 4.92 Å². The summed E-state index contributed by atoms with van der Waals surface area (Å²) < 4.78 is 14.2. The molecule has 2 aliphatic heterocycles. The zero-order valence-corrected chi connectivity index (χ0v) is 11.9. The Hall–Kier alpha value is -1.53. The number of hydrogen-bond donors (Lipinski definition) is 1. The minimum absolute atomic E-state index is 0.422. The molecule has 2 saturated heterocycles. The number of hydrogen-bond acceptors (Lipinski definition) is 4. The molecule has 0 spiro atoms. The van der Waals surface area contributed by atoms with Gasteiger partial charge in [0, 0.05) is 30.3 Å². The lowest BCUT2D eigenvalue weighted by Gasteiger charge is -2.29. The smallest absolute Gasteiger partial charge is 0.305 e. The van der Waals surface area contributed by atoms with Crippen LogP contribution in [-0.4, -0.2) is 35.0 Å². The lowest BCUT2D eigenvalue weighted by molar-refractivity contribution is -0.387. The van der Waals surface area contributed by atoms with Crippen molar-refractivity contribution in [3.8, 4) is 0 Å². The van der Waals surface area contributed by atoms with Crippen LogP contribution in [0.4, 0.5) is 10.1 Å². The van der Waals surface area contributed by atoms with Crippen LogP contribution < -0.4 is 5.32 Å². The van der Waals surface area contributed by atoms with Crippen LogP contribution in [0.25, 0.3) is 0 Å². The van der Waals surface area contributed by atoms with Crippen molar-refractivity contribution in [1.29, 1.82) is 0 Å². The van der Waals surface area contributed by atoms with Crippen molar-refractivity contribution < 1.29 is 9.31 Å². The van der Waals surface area contributed by atoms with Gasteiger partial charge >= 0.3 is 5.69 Å². The lowest BCUT2D eigenvalue weighted by atomic mass is 10.0. The number of nitro benzene ring substituents is 1. The van der Waals surface area contributed by atoms with E-state index in [1.807, 2.05) is 0 Å². The summed E-state index contributed by atoms with van der Waals surface area (Å²) in [4.78, 5) is 12.4. The van der Waals surface area contributed by atoms with Crippen molar-refractivity contribution in [2.75, 3.05) is 13.1 Å². The van der Waals surface area contributed by atoms with E-state index in [2.05, 4.69) is 10.2 Å². The van der Waals surface area contributed by atoms with Gasteiger partial charge in [-0.05, 0) is 38.8 Å². The molecule has 1 N–H and O–H groups in total. The van der Waals surface area contributed by atoms with Crippen molar-refractivity contribution in [3.63, 3.8) is 0 Å². The summed E-state index contributed by atoms with van der Waals surface area (Å²) in [6, 6.07) is 5.34. The maximum absolute atomic E-state index is 14.2. The Balaban J connectivity index is 1.76. The Bertz CT molecular complexity index is 532. The van der Waals surface area contributed by atoms with Crippen LogP contribution in [-0.2, 0) is 6.54 Å². The number of benzene rings is 1. The fraction of sp³-hybridized carbons (Fsp3) is 0.600. The third kappa shape index (κ3) is 2.91. The monoisotopic (exact) mass is 293 g/mol. The Labute approximate surface area is 123 Å². The first-order chi connectivity index (χ1) is 10.2. The molecule has 2 aliphatic rings. The largest absolute Gasteiger partial charge is 0.312 e. The molecule has 6 heteroatoms. The van der Waals surface area contributed by atoms with E-state index in [-0.39, 0.29) is 0 Å². The van der Waals surface area contributed by atoms with E-state index in [4.69, 9.17) is 0 Å². The predicted octanol–water partition coefficient (Wildman–Crippen LogP) is 2.45. The highest BCUT2D eigenvalue weighted by Crippen LogP contribution is 2.28. The Morgan fingerprint density at radius 1 is 1.38 bits per heavy atom. The van der Waals surface area contributed by atoms with Gasteiger partial charge < -0.3 is 5.32 Å². The summed E-state index contributed by atoms with van der Waals surface area (Å²) in [5.74, 6) is -0.687. The van der Waals surface area contributed by atoms with Gasteiger partial charge in [-0.3, -0.25) is 15.0 Å². The quantitative estimate of drug-likeness (QED) is 0.684. The first-order valence-corrected chi connectivity index (χ1v) is 7.56.